The summed E-state index contributed by atoms with van der Waals surface area (Å²) >= 11 is 0. The minimum atomic E-state index is -0.788. The highest BCUT2D eigenvalue weighted by Gasteiger charge is 2.17. The Morgan fingerprint density at radius 3 is 1.73 bits per heavy atom. The van der Waals surface area contributed by atoms with Crippen LogP contribution in [0.5, 0.6) is 0 Å². The van der Waals surface area contributed by atoms with Gasteiger partial charge in [0, 0.05) is 19.6 Å². The highest BCUT2D eigenvalue weighted by Crippen LogP contribution is 2.11. The van der Waals surface area contributed by atoms with Crippen molar-refractivity contribution >= 4 is 0 Å². The number of unbranched alkanes of at least 4 members (excludes halogenated alkanes) is 12. The first kappa shape index (κ1) is 29.5. The van der Waals surface area contributed by atoms with E-state index in [9.17, 15) is 15.3 Å². The number of nitrogens with zero attached hydrogens (tertiary/aromatic N) is 1. The fourth-order valence-corrected chi connectivity index (χ4v) is 3.63. The van der Waals surface area contributed by atoms with Gasteiger partial charge in [-0.1, -0.05) is 76.9 Å². The molecule has 0 aromatic carbocycles. The average Bonchev–Trinajstić information content (AvgIpc) is 2.72. The van der Waals surface area contributed by atoms with Crippen LogP contribution >= 0.6 is 0 Å². The van der Waals surface area contributed by atoms with Crippen LogP contribution in [0.2, 0.25) is 0 Å². The molecule has 0 aliphatic heterocycles. The molecular formula is C25H52N2O3. The standard InChI is InChI=1S/C25H52N2O3/c1-3-4-5-6-7-8-9-10-11-12-13-14-15-16-17-18-19-27(21-24(29)20-26)22-25(30)23(2)28/h10-11,23-25,28-30H,3-9,12-22,26H2,1-2H3. The Labute approximate surface area is 186 Å². The van der Waals surface area contributed by atoms with Gasteiger partial charge < -0.3 is 21.1 Å². The summed E-state index contributed by atoms with van der Waals surface area (Å²) < 4.78 is 0. The monoisotopic (exact) mass is 428 g/mol. The summed E-state index contributed by atoms with van der Waals surface area (Å²) in [6, 6.07) is 0. The molecule has 5 nitrogen and oxygen atoms in total. The summed E-state index contributed by atoms with van der Waals surface area (Å²) in [5.74, 6) is 0. The lowest BCUT2D eigenvalue weighted by Crippen LogP contribution is -2.43. The van der Waals surface area contributed by atoms with Crippen LogP contribution in [0, 0.1) is 0 Å². The third kappa shape index (κ3) is 19.5. The molecule has 30 heavy (non-hydrogen) atoms. The van der Waals surface area contributed by atoms with Gasteiger partial charge in [-0.15, -0.1) is 0 Å². The van der Waals surface area contributed by atoms with Gasteiger partial charge in [-0.05, 0) is 45.6 Å². The maximum absolute atomic E-state index is 9.91. The third-order valence-electron chi connectivity index (χ3n) is 5.73. The number of hydrogen-bond donors (Lipinski definition) is 4. The van der Waals surface area contributed by atoms with E-state index in [1.165, 1.54) is 77.0 Å². The smallest absolute Gasteiger partial charge is 0.0922 e. The van der Waals surface area contributed by atoms with Gasteiger partial charge in [0.1, 0.15) is 0 Å². The first-order valence-electron chi connectivity index (χ1n) is 12.6. The summed E-state index contributed by atoms with van der Waals surface area (Å²) in [4.78, 5) is 2.02. The van der Waals surface area contributed by atoms with Crippen molar-refractivity contribution in [3.63, 3.8) is 0 Å². The number of aliphatic hydroxyl groups is 3. The maximum Gasteiger partial charge on any atom is 0.0922 e. The SMILES string of the molecule is CCCCCCCCC=CCCCCCCCCN(CC(O)CN)CC(O)C(C)O. The van der Waals surface area contributed by atoms with Crippen LogP contribution < -0.4 is 5.73 Å². The van der Waals surface area contributed by atoms with Crippen LogP contribution in [0.25, 0.3) is 0 Å². The Bertz CT molecular complexity index is 377. The molecule has 0 aliphatic carbocycles. The second-order valence-corrected chi connectivity index (χ2v) is 8.89. The lowest BCUT2D eigenvalue weighted by Gasteiger charge is -2.28. The predicted molar refractivity (Wildman–Crippen MR) is 129 cm³/mol. The third-order valence-corrected chi connectivity index (χ3v) is 5.73. The first-order chi connectivity index (χ1) is 14.5. The minimum absolute atomic E-state index is 0.217. The zero-order valence-corrected chi connectivity index (χ0v) is 20.0. The van der Waals surface area contributed by atoms with Crippen molar-refractivity contribution < 1.29 is 15.3 Å². The van der Waals surface area contributed by atoms with Gasteiger partial charge in [-0.3, -0.25) is 4.90 Å². The van der Waals surface area contributed by atoms with Crippen LogP contribution in [-0.2, 0) is 0 Å². The van der Waals surface area contributed by atoms with Gasteiger partial charge in [0.15, 0.2) is 0 Å². The molecule has 3 unspecified atom stereocenters. The van der Waals surface area contributed by atoms with E-state index in [0.29, 0.717) is 13.1 Å². The van der Waals surface area contributed by atoms with Crippen LogP contribution in [0.4, 0.5) is 0 Å². The van der Waals surface area contributed by atoms with Crippen molar-refractivity contribution in [1.29, 1.82) is 0 Å². The summed E-state index contributed by atoms with van der Waals surface area (Å²) in [6.45, 7) is 5.72. The molecule has 5 heteroatoms. The molecule has 0 fully saturated rings. The molecule has 0 rings (SSSR count). The Morgan fingerprint density at radius 2 is 1.23 bits per heavy atom. The van der Waals surface area contributed by atoms with E-state index < -0.39 is 18.3 Å². The molecule has 0 aromatic rings. The van der Waals surface area contributed by atoms with Crippen molar-refractivity contribution in [1.82, 2.24) is 4.90 Å². The quantitative estimate of drug-likeness (QED) is 0.152. The maximum atomic E-state index is 9.91. The number of allylic oxidation sites excluding steroid dienone is 2. The molecule has 0 amide bonds. The average molecular weight is 429 g/mol. The largest absolute Gasteiger partial charge is 0.391 e. The second kappa shape index (κ2) is 21.8. The molecule has 0 aromatic heterocycles. The molecule has 180 valence electrons. The topological polar surface area (TPSA) is 90.0 Å². The van der Waals surface area contributed by atoms with E-state index in [4.69, 9.17) is 5.73 Å². The van der Waals surface area contributed by atoms with Gasteiger partial charge in [0.05, 0.1) is 18.3 Å². The number of rotatable bonds is 22. The molecule has 3 atom stereocenters. The molecule has 5 N–H and O–H groups in total. The van der Waals surface area contributed by atoms with Crippen molar-refractivity contribution in [2.75, 3.05) is 26.2 Å². The Balaban J connectivity index is 3.63. The Morgan fingerprint density at radius 1 is 0.733 bits per heavy atom. The minimum Gasteiger partial charge on any atom is -0.391 e. The van der Waals surface area contributed by atoms with Gasteiger partial charge in [0.25, 0.3) is 0 Å². The fraction of sp³-hybridized carbons (Fsp3) is 0.920. The van der Waals surface area contributed by atoms with Crippen molar-refractivity contribution in [2.24, 2.45) is 5.73 Å². The van der Waals surface area contributed by atoms with E-state index in [1.54, 1.807) is 6.92 Å². The van der Waals surface area contributed by atoms with E-state index in [2.05, 4.69) is 19.1 Å². The zero-order chi connectivity index (χ0) is 22.5. The summed E-state index contributed by atoms with van der Waals surface area (Å²) in [5, 5.41) is 29.2. The molecule has 0 saturated carbocycles. The van der Waals surface area contributed by atoms with E-state index >= 15 is 0 Å². The molecule has 0 radical (unpaired) electrons. The molecular weight excluding hydrogens is 376 g/mol. The zero-order valence-electron chi connectivity index (χ0n) is 20.0. The number of hydrogen-bond acceptors (Lipinski definition) is 5. The Kier molecular flexibility index (Phi) is 21.4. The van der Waals surface area contributed by atoms with Crippen LogP contribution in [0.3, 0.4) is 0 Å². The molecule has 0 heterocycles. The fourth-order valence-electron chi connectivity index (χ4n) is 3.63. The second-order valence-electron chi connectivity index (χ2n) is 8.89. The normalized spacial score (nSPS) is 15.2. The summed E-state index contributed by atoms with van der Waals surface area (Å²) in [7, 11) is 0. The van der Waals surface area contributed by atoms with Crippen LogP contribution in [0.1, 0.15) is 104 Å². The number of nitrogens with two attached hydrogens (primary N) is 1. The Hall–Kier alpha value is -0.460. The van der Waals surface area contributed by atoms with Crippen LogP contribution in [-0.4, -0.2) is 64.7 Å². The summed E-state index contributed by atoms with van der Waals surface area (Å²) in [5.41, 5.74) is 5.51. The van der Waals surface area contributed by atoms with Gasteiger partial charge in [-0.25, -0.2) is 0 Å². The van der Waals surface area contributed by atoms with E-state index in [-0.39, 0.29) is 6.54 Å². The highest BCUT2D eigenvalue weighted by molar-refractivity contribution is 4.81. The van der Waals surface area contributed by atoms with Crippen molar-refractivity contribution in [3.8, 4) is 0 Å². The van der Waals surface area contributed by atoms with Crippen LogP contribution in [0.15, 0.2) is 12.2 Å². The molecule has 0 spiro atoms. The molecule has 0 bridgehead atoms. The van der Waals surface area contributed by atoms with E-state index in [1.807, 2.05) is 4.90 Å². The highest BCUT2D eigenvalue weighted by atomic mass is 16.3. The van der Waals surface area contributed by atoms with Crippen molar-refractivity contribution in [3.05, 3.63) is 12.2 Å². The van der Waals surface area contributed by atoms with Gasteiger partial charge in [-0.2, -0.15) is 0 Å². The lowest BCUT2D eigenvalue weighted by molar-refractivity contribution is -0.00121. The number of aliphatic hydroxyl groups excluding tert-OH is 3. The molecule has 0 saturated heterocycles. The lowest BCUT2D eigenvalue weighted by atomic mass is 10.1. The van der Waals surface area contributed by atoms with E-state index in [0.717, 1.165) is 19.4 Å². The first-order valence-corrected chi connectivity index (χ1v) is 12.6. The molecule has 0 aliphatic rings. The van der Waals surface area contributed by atoms with Gasteiger partial charge >= 0.3 is 0 Å². The van der Waals surface area contributed by atoms with Crippen molar-refractivity contribution in [2.45, 2.75) is 122 Å². The predicted octanol–water partition coefficient (Wildman–Crippen LogP) is 4.39. The summed E-state index contributed by atoms with van der Waals surface area (Å²) in [6.07, 6.45) is 20.5. The van der Waals surface area contributed by atoms with Gasteiger partial charge in [0.2, 0.25) is 0 Å².